The van der Waals surface area contributed by atoms with Gasteiger partial charge in [0.2, 0.25) is 0 Å². The molecule has 0 bridgehead atoms. The van der Waals surface area contributed by atoms with Crippen LogP contribution >= 0.6 is 15.9 Å². The van der Waals surface area contributed by atoms with E-state index in [0.29, 0.717) is 0 Å². The lowest BCUT2D eigenvalue weighted by Crippen LogP contribution is -2.41. The maximum atomic E-state index is 5.56. The minimum Gasteiger partial charge on any atom is -0.379 e. The second-order valence-electron chi connectivity index (χ2n) is 7.39. The van der Waals surface area contributed by atoms with Crippen LogP contribution in [-0.2, 0) is 29.7 Å². The molecule has 134 valence electrons. The van der Waals surface area contributed by atoms with Gasteiger partial charge in [-0.2, -0.15) is 0 Å². The minimum absolute atomic E-state index is 0.260. The Bertz CT molecular complexity index is 737. The summed E-state index contributed by atoms with van der Waals surface area (Å²) in [5.74, 6) is 2.16. The average Bonchev–Trinajstić information content (AvgIpc) is 2.84. The first-order valence-corrected chi connectivity index (χ1v) is 9.90. The number of nitrogens with zero attached hydrogens (tertiary/aromatic N) is 4. The van der Waals surface area contributed by atoms with Crippen LogP contribution in [0.4, 0.5) is 0 Å². The van der Waals surface area contributed by atoms with Crippen molar-refractivity contribution >= 4 is 15.9 Å². The highest BCUT2D eigenvalue weighted by Crippen LogP contribution is 2.36. The van der Waals surface area contributed by atoms with Gasteiger partial charge in [0.25, 0.3) is 0 Å². The number of piperidine rings is 1. The van der Waals surface area contributed by atoms with Crippen LogP contribution in [0, 0.1) is 0 Å². The molecule has 1 aromatic carbocycles. The maximum absolute atomic E-state index is 5.56. The zero-order valence-corrected chi connectivity index (χ0v) is 16.3. The molecular weight excluding hydrogens is 380 g/mol. The van der Waals surface area contributed by atoms with E-state index < -0.39 is 0 Å². The van der Waals surface area contributed by atoms with Gasteiger partial charge in [-0.15, -0.1) is 10.2 Å². The van der Waals surface area contributed by atoms with Gasteiger partial charge in [-0.05, 0) is 49.0 Å². The first-order valence-electron chi connectivity index (χ1n) is 9.11. The molecule has 25 heavy (non-hydrogen) atoms. The molecule has 0 amide bonds. The van der Waals surface area contributed by atoms with E-state index in [1.807, 2.05) is 0 Å². The van der Waals surface area contributed by atoms with Crippen molar-refractivity contribution in [1.29, 1.82) is 0 Å². The summed E-state index contributed by atoms with van der Waals surface area (Å²) in [7, 11) is 0. The van der Waals surface area contributed by atoms with Gasteiger partial charge >= 0.3 is 0 Å². The van der Waals surface area contributed by atoms with Crippen LogP contribution in [0.15, 0.2) is 28.7 Å². The van der Waals surface area contributed by atoms with Gasteiger partial charge < -0.3 is 9.30 Å². The lowest BCUT2D eigenvalue weighted by atomic mass is 9.74. The summed E-state index contributed by atoms with van der Waals surface area (Å²) in [6.07, 6.45) is 3.22. The number of hydrogen-bond donors (Lipinski definition) is 0. The molecule has 2 aliphatic heterocycles. The number of aromatic nitrogens is 3. The molecule has 0 unspecified atom stereocenters. The standard InChI is InChI=1S/C19H25BrN4O/c1-19(15-3-2-4-16(20)13-15)6-8-23(9-7-19)14-18-22-21-17-5-11-25-12-10-24(17)18/h2-4,13H,5-12,14H2,1H3. The zero-order chi connectivity index (χ0) is 17.3. The van der Waals surface area contributed by atoms with Gasteiger partial charge in [0.1, 0.15) is 11.6 Å². The monoisotopic (exact) mass is 404 g/mol. The third-order valence-electron chi connectivity index (χ3n) is 5.68. The summed E-state index contributed by atoms with van der Waals surface area (Å²) < 4.78 is 8.99. The van der Waals surface area contributed by atoms with E-state index in [4.69, 9.17) is 4.74 Å². The number of rotatable bonds is 3. The van der Waals surface area contributed by atoms with Gasteiger partial charge in [0, 0.05) is 17.4 Å². The van der Waals surface area contributed by atoms with Crippen molar-refractivity contribution in [3.05, 3.63) is 46.0 Å². The number of hydrogen-bond acceptors (Lipinski definition) is 4. The van der Waals surface area contributed by atoms with Gasteiger partial charge in [0.05, 0.1) is 19.8 Å². The van der Waals surface area contributed by atoms with E-state index in [1.165, 1.54) is 22.9 Å². The van der Waals surface area contributed by atoms with Crippen LogP contribution < -0.4 is 0 Å². The molecule has 6 heteroatoms. The molecule has 0 saturated carbocycles. The highest BCUT2D eigenvalue weighted by atomic mass is 79.9. The molecule has 4 rings (SSSR count). The van der Waals surface area contributed by atoms with Crippen LogP contribution in [0.5, 0.6) is 0 Å². The van der Waals surface area contributed by atoms with Crippen LogP contribution in [-0.4, -0.2) is 46.0 Å². The summed E-state index contributed by atoms with van der Waals surface area (Å²) in [6.45, 7) is 7.88. The molecule has 0 aliphatic carbocycles. The summed E-state index contributed by atoms with van der Waals surface area (Å²) in [6, 6.07) is 8.78. The van der Waals surface area contributed by atoms with E-state index in [0.717, 1.165) is 57.5 Å². The third-order valence-corrected chi connectivity index (χ3v) is 6.17. The quantitative estimate of drug-likeness (QED) is 0.787. The first kappa shape index (κ1) is 17.2. The van der Waals surface area contributed by atoms with E-state index in [9.17, 15) is 0 Å². The Hall–Kier alpha value is -1.24. The van der Waals surface area contributed by atoms with Crippen molar-refractivity contribution < 1.29 is 4.74 Å². The second kappa shape index (κ2) is 7.17. The van der Waals surface area contributed by atoms with E-state index in [-0.39, 0.29) is 5.41 Å². The molecule has 2 aromatic rings. The molecule has 1 saturated heterocycles. The average molecular weight is 405 g/mol. The molecule has 0 atom stereocenters. The van der Waals surface area contributed by atoms with Crippen molar-refractivity contribution in [1.82, 2.24) is 19.7 Å². The Kier molecular flexibility index (Phi) is 4.93. The molecule has 3 heterocycles. The van der Waals surface area contributed by atoms with Crippen molar-refractivity contribution in [2.75, 3.05) is 26.3 Å². The van der Waals surface area contributed by atoms with Crippen molar-refractivity contribution in [3.63, 3.8) is 0 Å². The topological polar surface area (TPSA) is 43.2 Å². The normalized spacial score (nSPS) is 20.9. The maximum Gasteiger partial charge on any atom is 0.147 e. The molecule has 0 radical (unpaired) electrons. The molecule has 5 nitrogen and oxygen atoms in total. The van der Waals surface area contributed by atoms with Crippen molar-refractivity contribution in [2.45, 2.75) is 44.7 Å². The van der Waals surface area contributed by atoms with Gasteiger partial charge in [-0.25, -0.2) is 0 Å². The fraction of sp³-hybridized carbons (Fsp3) is 0.579. The predicted octanol–water partition coefficient (Wildman–Crippen LogP) is 3.17. The first-order chi connectivity index (χ1) is 12.1. The highest BCUT2D eigenvalue weighted by molar-refractivity contribution is 9.10. The molecule has 1 fully saturated rings. The van der Waals surface area contributed by atoms with Crippen molar-refractivity contribution in [2.24, 2.45) is 0 Å². The fourth-order valence-electron chi connectivity index (χ4n) is 3.91. The predicted molar refractivity (Wildman–Crippen MR) is 101 cm³/mol. The summed E-state index contributed by atoms with van der Waals surface area (Å²) in [4.78, 5) is 2.52. The number of fused-ring (bicyclic) bond motifs is 1. The van der Waals surface area contributed by atoms with Crippen LogP contribution in [0.3, 0.4) is 0 Å². The number of likely N-dealkylation sites (tertiary alicyclic amines) is 1. The van der Waals surface area contributed by atoms with E-state index in [2.05, 4.69) is 66.8 Å². The fourth-order valence-corrected chi connectivity index (χ4v) is 4.31. The summed E-state index contributed by atoms with van der Waals surface area (Å²) in [5.41, 5.74) is 1.70. The largest absolute Gasteiger partial charge is 0.379 e. The molecule has 1 aromatic heterocycles. The minimum atomic E-state index is 0.260. The smallest absolute Gasteiger partial charge is 0.147 e. The Balaban J connectivity index is 1.42. The summed E-state index contributed by atoms with van der Waals surface area (Å²) >= 11 is 3.61. The molecule has 0 N–H and O–H groups in total. The second-order valence-corrected chi connectivity index (χ2v) is 8.31. The third kappa shape index (κ3) is 3.66. The Morgan fingerprint density at radius 3 is 2.80 bits per heavy atom. The lowest BCUT2D eigenvalue weighted by Gasteiger charge is -2.39. The Labute approximate surface area is 157 Å². The molecular formula is C19H25BrN4O. The summed E-state index contributed by atoms with van der Waals surface area (Å²) in [5, 5.41) is 8.82. The van der Waals surface area contributed by atoms with Gasteiger partial charge in [-0.1, -0.05) is 35.0 Å². The lowest BCUT2D eigenvalue weighted by molar-refractivity contribution is 0.136. The van der Waals surface area contributed by atoms with Crippen LogP contribution in [0.25, 0.3) is 0 Å². The zero-order valence-electron chi connectivity index (χ0n) is 14.7. The van der Waals surface area contributed by atoms with E-state index in [1.54, 1.807) is 0 Å². The van der Waals surface area contributed by atoms with E-state index >= 15 is 0 Å². The Morgan fingerprint density at radius 2 is 2.00 bits per heavy atom. The van der Waals surface area contributed by atoms with Gasteiger partial charge in [0.15, 0.2) is 0 Å². The van der Waals surface area contributed by atoms with Crippen LogP contribution in [0.2, 0.25) is 0 Å². The number of ether oxygens (including phenoxy) is 1. The molecule has 2 aliphatic rings. The molecule has 0 spiro atoms. The number of benzene rings is 1. The highest BCUT2D eigenvalue weighted by Gasteiger charge is 2.32. The SMILES string of the molecule is CC1(c2cccc(Br)c2)CCN(Cc2nnc3n2CCOCC3)CC1. The van der Waals surface area contributed by atoms with Gasteiger partial charge in [-0.3, -0.25) is 4.90 Å². The van der Waals surface area contributed by atoms with Crippen LogP contribution in [0.1, 0.15) is 37.0 Å². The number of halogens is 1. The van der Waals surface area contributed by atoms with Crippen molar-refractivity contribution in [3.8, 4) is 0 Å². The Morgan fingerprint density at radius 1 is 1.16 bits per heavy atom.